The van der Waals surface area contributed by atoms with Crippen molar-refractivity contribution in [3.8, 4) is 0 Å². The zero-order chi connectivity index (χ0) is 10.9. The Morgan fingerprint density at radius 1 is 1.20 bits per heavy atom. The smallest absolute Gasteiger partial charge is 0.0717 e. The van der Waals surface area contributed by atoms with E-state index in [9.17, 15) is 0 Å². The van der Waals surface area contributed by atoms with E-state index in [1.165, 1.54) is 5.56 Å². The van der Waals surface area contributed by atoms with E-state index in [1.807, 2.05) is 12.1 Å². The Hall–Kier alpha value is -0.380. The first kappa shape index (κ1) is 12.7. The number of benzene rings is 1. The number of rotatable bonds is 7. The van der Waals surface area contributed by atoms with Crippen molar-refractivity contribution in [1.29, 1.82) is 0 Å². The SMILES string of the molecule is NCCCCCOCc1cccc(Br)c1. The second-order valence-corrected chi connectivity index (χ2v) is 4.45. The summed E-state index contributed by atoms with van der Waals surface area (Å²) in [6, 6.07) is 8.20. The van der Waals surface area contributed by atoms with Gasteiger partial charge in [0.1, 0.15) is 0 Å². The minimum Gasteiger partial charge on any atom is -0.377 e. The van der Waals surface area contributed by atoms with Crippen LogP contribution in [-0.4, -0.2) is 13.2 Å². The fourth-order valence-corrected chi connectivity index (χ4v) is 1.79. The summed E-state index contributed by atoms with van der Waals surface area (Å²) in [6.07, 6.45) is 3.36. The van der Waals surface area contributed by atoms with Gasteiger partial charge in [-0.05, 0) is 43.5 Å². The van der Waals surface area contributed by atoms with Crippen molar-refractivity contribution < 1.29 is 4.74 Å². The molecular formula is C12H18BrNO. The van der Waals surface area contributed by atoms with Gasteiger partial charge in [-0.3, -0.25) is 0 Å². The van der Waals surface area contributed by atoms with E-state index in [0.29, 0.717) is 6.61 Å². The van der Waals surface area contributed by atoms with E-state index >= 15 is 0 Å². The number of nitrogens with two attached hydrogens (primary N) is 1. The molecule has 2 nitrogen and oxygen atoms in total. The molecule has 1 aromatic rings. The van der Waals surface area contributed by atoms with Crippen molar-refractivity contribution in [3.63, 3.8) is 0 Å². The summed E-state index contributed by atoms with van der Waals surface area (Å²) in [4.78, 5) is 0. The molecule has 1 rings (SSSR count). The van der Waals surface area contributed by atoms with Crippen molar-refractivity contribution in [2.45, 2.75) is 25.9 Å². The Kier molecular flexibility index (Phi) is 6.64. The number of ether oxygens (including phenoxy) is 1. The van der Waals surface area contributed by atoms with Crippen LogP contribution in [0.1, 0.15) is 24.8 Å². The summed E-state index contributed by atoms with van der Waals surface area (Å²) in [7, 11) is 0. The van der Waals surface area contributed by atoms with Crippen molar-refractivity contribution in [3.05, 3.63) is 34.3 Å². The highest BCUT2D eigenvalue weighted by Gasteiger charge is 1.94. The number of hydrogen-bond donors (Lipinski definition) is 1. The molecule has 0 fully saturated rings. The second-order valence-electron chi connectivity index (χ2n) is 3.53. The van der Waals surface area contributed by atoms with Crippen molar-refractivity contribution >= 4 is 15.9 Å². The van der Waals surface area contributed by atoms with Gasteiger partial charge in [-0.25, -0.2) is 0 Å². The third kappa shape index (κ3) is 5.92. The van der Waals surface area contributed by atoms with Crippen LogP contribution >= 0.6 is 15.9 Å². The van der Waals surface area contributed by atoms with Crippen LogP contribution in [-0.2, 0) is 11.3 Å². The Morgan fingerprint density at radius 3 is 2.80 bits per heavy atom. The van der Waals surface area contributed by atoms with Crippen LogP contribution in [0.4, 0.5) is 0 Å². The van der Waals surface area contributed by atoms with Crippen LogP contribution < -0.4 is 5.73 Å². The van der Waals surface area contributed by atoms with Gasteiger partial charge < -0.3 is 10.5 Å². The number of hydrogen-bond acceptors (Lipinski definition) is 2. The lowest BCUT2D eigenvalue weighted by Crippen LogP contribution is -2.00. The second kappa shape index (κ2) is 7.85. The Morgan fingerprint density at radius 2 is 2.07 bits per heavy atom. The van der Waals surface area contributed by atoms with Crippen LogP contribution in [0.5, 0.6) is 0 Å². The minimum atomic E-state index is 0.696. The molecule has 0 saturated heterocycles. The van der Waals surface area contributed by atoms with Crippen molar-refractivity contribution in [2.24, 2.45) is 5.73 Å². The first-order valence-corrected chi connectivity index (χ1v) is 6.14. The maximum Gasteiger partial charge on any atom is 0.0717 e. The van der Waals surface area contributed by atoms with Gasteiger partial charge in [0.15, 0.2) is 0 Å². The summed E-state index contributed by atoms with van der Waals surface area (Å²) in [5.74, 6) is 0. The van der Waals surface area contributed by atoms with Gasteiger partial charge in [0.25, 0.3) is 0 Å². The molecule has 3 heteroatoms. The Bertz CT molecular complexity index is 278. The average Bonchev–Trinajstić information content (AvgIpc) is 2.23. The lowest BCUT2D eigenvalue weighted by atomic mass is 10.2. The summed E-state index contributed by atoms with van der Waals surface area (Å²) in [5.41, 5.74) is 6.62. The molecule has 0 aromatic heterocycles. The van der Waals surface area contributed by atoms with Crippen molar-refractivity contribution in [2.75, 3.05) is 13.2 Å². The molecule has 0 heterocycles. The molecule has 0 radical (unpaired) electrons. The van der Waals surface area contributed by atoms with Crippen LogP contribution in [0.15, 0.2) is 28.7 Å². The first-order chi connectivity index (χ1) is 7.33. The van der Waals surface area contributed by atoms with Gasteiger partial charge in [-0.15, -0.1) is 0 Å². The maximum atomic E-state index is 5.56. The molecule has 0 amide bonds. The lowest BCUT2D eigenvalue weighted by Gasteiger charge is -2.04. The van der Waals surface area contributed by atoms with Gasteiger partial charge in [-0.1, -0.05) is 28.1 Å². The molecule has 0 bridgehead atoms. The zero-order valence-electron chi connectivity index (χ0n) is 8.92. The minimum absolute atomic E-state index is 0.696. The Balaban J connectivity index is 2.10. The third-order valence-corrected chi connectivity index (χ3v) is 2.64. The molecule has 0 unspecified atom stereocenters. The summed E-state index contributed by atoms with van der Waals surface area (Å²) >= 11 is 3.44. The highest BCUT2D eigenvalue weighted by Crippen LogP contribution is 2.12. The van der Waals surface area contributed by atoms with E-state index in [0.717, 1.165) is 36.9 Å². The van der Waals surface area contributed by atoms with Gasteiger partial charge >= 0.3 is 0 Å². The van der Waals surface area contributed by atoms with Crippen LogP contribution in [0, 0.1) is 0 Å². The quantitative estimate of drug-likeness (QED) is 0.774. The highest BCUT2D eigenvalue weighted by molar-refractivity contribution is 9.10. The molecule has 0 saturated carbocycles. The summed E-state index contributed by atoms with van der Waals surface area (Å²) in [5, 5.41) is 0. The Labute approximate surface area is 99.9 Å². The molecule has 0 aliphatic rings. The van der Waals surface area contributed by atoms with Crippen LogP contribution in [0.2, 0.25) is 0 Å². The van der Waals surface area contributed by atoms with E-state index in [2.05, 4.69) is 28.1 Å². The van der Waals surface area contributed by atoms with Gasteiger partial charge in [0, 0.05) is 11.1 Å². The molecule has 0 spiro atoms. The van der Waals surface area contributed by atoms with Gasteiger partial charge in [0.2, 0.25) is 0 Å². The first-order valence-electron chi connectivity index (χ1n) is 5.35. The molecule has 15 heavy (non-hydrogen) atoms. The van der Waals surface area contributed by atoms with Crippen molar-refractivity contribution in [1.82, 2.24) is 0 Å². The topological polar surface area (TPSA) is 35.2 Å². The lowest BCUT2D eigenvalue weighted by molar-refractivity contribution is 0.117. The summed E-state index contributed by atoms with van der Waals surface area (Å²) in [6.45, 7) is 2.31. The summed E-state index contributed by atoms with van der Waals surface area (Å²) < 4.78 is 6.66. The van der Waals surface area contributed by atoms with E-state index in [-0.39, 0.29) is 0 Å². The van der Waals surface area contributed by atoms with E-state index < -0.39 is 0 Å². The van der Waals surface area contributed by atoms with E-state index in [4.69, 9.17) is 10.5 Å². The molecule has 84 valence electrons. The van der Waals surface area contributed by atoms with Crippen LogP contribution in [0.25, 0.3) is 0 Å². The fourth-order valence-electron chi connectivity index (χ4n) is 1.34. The average molecular weight is 272 g/mol. The maximum absolute atomic E-state index is 5.56. The predicted molar refractivity (Wildman–Crippen MR) is 66.7 cm³/mol. The normalized spacial score (nSPS) is 10.5. The number of halogens is 1. The highest BCUT2D eigenvalue weighted by atomic mass is 79.9. The number of unbranched alkanes of at least 4 members (excludes halogenated alkanes) is 2. The van der Waals surface area contributed by atoms with E-state index in [1.54, 1.807) is 0 Å². The monoisotopic (exact) mass is 271 g/mol. The van der Waals surface area contributed by atoms with Crippen LogP contribution in [0.3, 0.4) is 0 Å². The third-order valence-electron chi connectivity index (χ3n) is 2.15. The predicted octanol–water partition coefficient (Wildman–Crippen LogP) is 3.09. The molecule has 0 atom stereocenters. The largest absolute Gasteiger partial charge is 0.377 e. The molecule has 2 N–H and O–H groups in total. The van der Waals surface area contributed by atoms with Gasteiger partial charge in [0.05, 0.1) is 6.61 Å². The zero-order valence-corrected chi connectivity index (χ0v) is 10.5. The molecule has 0 aliphatic heterocycles. The standard InChI is InChI=1S/C12H18BrNO/c13-12-6-4-5-11(9-12)10-15-8-3-1-2-7-14/h4-6,9H,1-3,7-8,10,14H2. The fraction of sp³-hybridized carbons (Fsp3) is 0.500. The molecular weight excluding hydrogens is 254 g/mol. The molecule has 0 aliphatic carbocycles. The van der Waals surface area contributed by atoms with Gasteiger partial charge in [-0.2, -0.15) is 0 Å². The molecule has 1 aromatic carbocycles.